The van der Waals surface area contributed by atoms with Gasteiger partial charge in [-0.1, -0.05) is 31.2 Å². The number of carbonyl (C=O) groups excluding carboxylic acids is 3. The number of amides is 3. The number of fused-ring (bicyclic) bond motifs is 2. The molecule has 1 spiro atoms. The molecule has 38 heavy (non-hydrogen) atoms. The van der Waals surface area contributed by atoms with E-state index in [-0.39, 0.29) is 24.3 Å². The molecule has 0 aliphatic carbocycles. The van der Waals surface area contributed by atoms with Gasteiger partial charge < -0.3 is 24.5 Å². The lowest BCUT2D eigenvalue weighted by Gasteiger charge is -2.37. The van der Waals surface area contributed by atoms with E-state index in [4.69, 9.17) is 4.74 Å². The molecule has 5 aliphatic heterocycles. The maximum Gasteiger partial charge on any atom is 0.247 e. The second kappa shape index (κ2) is 11.3. The monoisotopic (exact) mass is 546 g/mol. The van der Waals surface area contributed by atoms with Gasteiger partial charge in [0.2, 0.25) is 17.7 Å². The minimum Gasteiger partial charge on any atom is -0.396 e. The zero-order valence-electron chi connectivity index (χ0n) is 22.7. The molecule has 0 radical (unpaired) electrons. The number of rotatable bonds is 9. The van der Waals surface area contributed by atoms with E-state index in [1.165, 1.54) is 0 Å². The fourth-order valence-electron chi connectivity index (χ4n) is 7.01. The third kappa shape index (κ3) is 4.71. The molecule has 10 heteroatoms. The predicted molar refractivity (Wildman–Crippen MR) is 147 cm³/mol. The number of unbranched alkanes of at least 4 members (excludes halogenated alkanes) is 1. The Hall–Kier alpha value is -1.88. The molecule has 3 amide bonds. The van der Waals surface area contributed by atoms with E-state index in [1.807, 2.05) is 15.9 Å². The highest BCUT2D eigenvalue weighted by molar-refractivity contribution is 8.02. The van der Waals surface area contributed by atoms with Crippen LogP contribution in [0.5, 0.6) is 0 Å². The topological polar surface area (TPSA) is 93.6 Å². The number of hydrogen-bond acceptors (Lipinski definition) is 7. The molecule has 5 aliphatic rings. The maximum absolute atomic E-state index is 14.3. The van der Waals surface area contributed by atoms with Gasteiger partial charge in [0.15, 0.2) is 0 Å². The Balaban J connectivity index is 1.49. The van der Waals surface area contributed by atoms with Crippen molar-refractivity contribution < 1.29 is 24.2 Å². The standard InChI is InChI=1S/C28H42N4O5S/c1-3-10-30-11-6-8-27(2)21(24(30)34)22-25(35)32(13-4-5-18-33)23-26(36)31(12-7-9-28(22,23)38-27)15-14-29-16-19-37-20-17-29/h6-9,21-23,33H,3-5,10-20H2,1-2H3/t21-,22+,23?,27+,28+/m1/s1. The van der Waals surface area contributed by atoms with Crippen molar-refractivity contribution in [2.24, 2.45) is 11.8 Å². The zero-order chi connectivity index (χ0) is 26.9. The van der Waals surface area contributed by atoms with Crippen molar-refractivity contribution in [3.63, 3.8) is 0 Å². The molecule has 9 nitrogen and oxygen atoms in total. The normalized spacial score (nSPS) is 35.4. The summed E-state index contributed by atoms with van der Waals surface area (Å²) in [5.74, 6) is -1.22. The van der Waals surface area contributed by atoms with Gasteiger partial charge >= 0.3 is 0 Å². The van der Waals surface area contributed by atoms with Crippen LogP contribution in [0.25, 0.3) is 0 Å². The summed E-state index contributed by atoms with van der Waals surface area (Å²) in [5, 5.41) is 9.40. The number of nitrogens with zero attached hydrogens (tertiary/aromatic N) is 4. The van der Waals surface area contributed by atoms with Crippen LogP contribution in [0.15, 0.2) is 24.3 Å². The fraction of sp³-hybridized carbons (Fsp3) is 0.750. The van der Waals surface area contributed by atoms with Gasteiger partial charge in [-0.3, -0.25) is 19.3 Å². The highest BCUT2D eigenvalue weighted by Gasteiger charge is 2.73. The number of hydrogen-bond donors (Lipinski definition) is 1. The molecule has 3 fully saturated rings. The lowest BCUT2D eigenvalue weighted by Crippen LogP contribution is -2.54. The van der Waals surface area contributed by atoms with Gasteiger partial charge in [-0.2, -0.15) is 0 Å². The van der Waals surface area contributed by atoms with Crippen LogP contribution < -0.4 is 0 Å². The van der Waals surface area contributed by atoms with E-state index in [0.29, 0.717) is 58.8 Å². The molecule has 0 saturated carbocycles. The van der Waals surface area contributed by atoms with Gasteiger partial charge in [0.05, 0.1) is 29.8 Å². The van der Waals surface area contributed by atoms with Crippen molar-refractivity contribution in [2.75, 3.05) is 72.2 Å². The van der Waals surface area contributed by atoms with E-state index in [9.17, 15) is 19.5 Å². The first-order valence-electron chi connectivity index (χ1n) is 14.2. The highest BCUT2D eigenvalue weighted by Crippen LogP contribution is 2.65. The SMILES string of the molecule is CCCN1CC=C[C@]2(C)S[C@]34C=CCN(CCN5CCOCC5)C(=O)C3N(CCCCO)C(=O)[C@@H]4[C@@H]2C1=O. The summed E-state index contributed by atoms with van der Waals surface area (Å²) >= 11 is 1.64. The summed E-state index contributed by atoms with van der Waals surface area (Å²) < 4.78 is 4.11. The van der Waals surface area contributed by atoms with Crippen LogP contribution >= 0.6 is 11.8 Å². The van der Waals surface area contributed by atoms with Gasteiger partial charge in [-0.15, -0.1) is 11.8 Å². The maximum atomic E-state index is 14.3. The molecule has 210 valence electrons. The van der Waals surface area contributed by atoms with Crippen LogP contribution in [-0.2, 0) is 19.1 Å². The van der Waals surface area contributed by atoms with Crippen molar-refractivity contribution in [1.82, 2.24) is 19.6 Å². The number of carbonyl (C=O) groups is 3. The van der Waals surface area contributed by atoms with Gasteiger partial charge in [-0.05, 0) is 26.2 Å². The van der Waals surface area contributed by atoms with E-state index in [2.05, 4.69) is 37.0 Å². The van der Waals surface area contributed by atoms with E-state index in [1.54, 1.807) is 16.7 Å². The molecule has 1 unspecified atom stereocenters. The van der Waals surface area contributed by atoms with Gasteiger partial charge in [0.1, 0.15) is 6.04 Å². The molecule has 5 heterocycles. The van der Waals surface area contributed by atoms with Gasteiger partial charge in [0, 0.05) is 63.7 Å². The van der Waals surface area contributed by atoms with Gasteiger partial charge in [0.25, 0.3) is 0 Å². The van der Waals surface area contributed by atoms with Gasteiger partial charge in [-0.25, -0.2) is 0 Å². The highest BCUT2D eigenvalue weighted by atomic mass is 32.2. The molecule has 0 bridgehead atoms. The molecule has 5 atom stereocenters. The van der Waals surface area contributed by atoms with Crippen LogP contribution in [0.3, 0.4) is 0 Å². The van der Waals surface area contributed by atoms with E-state index >= 15 is 0 Å². The molecular weight excluding hydrogens is 504 g/mol. The van der Waals surface area contributed by atoms with Crippen LogP contribution in [0.1, 0.15) is 33.1 Å². The van der Waals surface area contributed by atoms with Crippen molar-refractivity contribution in [3.8, 4) is 0 Å². The Bertz CT molecular complexity index is 984. The quantitative estimate of drug-likeness (QED) is 0.341. The van der Waals surface area contributed by atoms with Crippen molar-refractivity contribution in [1.29, 1.82) is 0 Å². The number of aliphatic hydroxyl groups is 1. The summed E-state index contributed by atoms with van der Waals surface area (Å²) in [6.07, 6.45) is 10.4. The molecular formula is C28H42N4O5S. The second-order valence-corrected chi connectivity index (χ2v) is 13.1. The minimum atomic E-state index is -0.796. The van der Waals surface area contributed by atoms with Crippen molar-refractivity contribution in [2.45, 2.75) is 48.6 Å². The lowest BCUT2D eigenvalue weighted by molar-refractivity contribution is -0.145. The summed E-state index contributed by atoms with van der Waals surface area (Å²) in [5.41, 5.74) is 0. The molecule has 0 aromatic carbocycles. The van der Waals surface area contributed by atoms with E-state index < -0.39 is 27.4 Å². The lowest BCUT2D eigenvalue weighted by atomic mass is 9.74. The Morgan fingerprint density at radius 2 is 1.63 bits per heavy atom. The van der Waals surface area contributed by atoms with Crippen LogP contribution in [0.2, 0.25) is 0 Å². The third-order valence-corrected chi connectivity index (χ3v) is 10.6. The predicted octanol–water partition coefficient (Wildman–Crippen LogP) is 0.985. The largest absolute Gasteiger partial charge is 0.396 e. The number of aliphatic hydroxyl groups excluding tert-OH is 1. The number of likely N-dealkylation sites (tertiary alicyclic amines) is 1. The first-order valence-corrected chi connectivity index (χ1v) is 15.0. The Kier molecular flexibility index (Phi) is 8.24. The number of ether oxygens (including phenoxy) is 1. The van der Waals surface area contributed by atoms with Crippen LogP contribution in [0.4, 0.5) is 0 Å². The average molecular weight is 547 g/mol. The second-order valence-electron chi connectivity index (χ2n) is 11.3. The first-order chi connectivity index (χ1) is 18.4. The Morgan fingerprint density at radius 1 is 0.921 bits per heavy atom. The Morgan fingerprint density at radius 3 is 2.34 bits per heavy atom. The summed E-state index contributed by atoms with van der Waals surface area (Å²) in [7, 11) is 0. The van der Waals surface area contributed by atoms with E-state index in [0.717, 1.165) is 26.1 Å². The average Bonchev–Trinajstić information content (AvgIpc) is 3.17. The van der Waals surface area contributed by atoms with Crippen LogP contribution in [-0.4, -0.2) is 130 Å². The summed E-state index contributed by atoms with van der Waals surface area (Å²) in [6.45, 7) is 10.8. The minimum absolute atomic E-state index is 0.0207. The first kappa shape index (κ1) is 27.7. The van der Waals surface area contributed by atoms with Crippen molar-refractivity contribution >= 4 is 29.5 Å². The Labute approximate surface area is 230 Å². The van der Waals surface area contributed by atoms with Crippen LogP contribution in [0, 0.1) is 11.8 Å². The molecule has 1 N–H and O–H groups in total. The number of thioether (sulfide) groups is 1. The smallest absolute Gasteiger partial charge is 0.247 e. The number of morpholine rings is 1. The zero-order valence-corrected chi connectivity index (χ0v) is 23.5. The summed E-state index contributed by atoms with van der Waals surface area (Å²) in [4.78, 5) is 50.4. The fourth-order valence-corrected chi connectivity index (χ4v) is 9.17. The van der Waals surface area contributed by atoms with Crippen molar-refractivity contribution in [3.05, 3.63) is 24.3 Å². The third-order valence-electron chi connectivity index (χ3n) is 8.81. The molecule has 3 saturated heterocycles. The molecule has 0 aromatic heterocycles. The summed E-state index contributed by atoms with van der Waals surface area (Å²) in [6, 6.07) is -0.656. The molecule has 0 aromatic rings. The molecule has 5 rings (SSSR count).